The molecule has 0 unspecified atom stereocenters. The van der Waals surface area contributed by atoms with Crippen LogP contribution in [0.3, 0.4) is 0 Å². The lowest BCUT2D eigenvalue weighted by Crippen LogP contribution is -2.69. The van der Waals surface area contributed by atoms with Gasteiger partial charge in [-0.25, -0.2) is 0 Å². The molecule has 0 aliphatic carbocycles. The number of nitrogens with zero attached hydrogens (tertiary/aromatic N) is 5. The van der Waals surface area contributed by atoms with E-state index in [2.05, 4.69) is 282 Å². The Hall–Kier alpha value is -9.59. The monoisotopic (exact) mass is 1010 g/mol. The van der Waals surface area contributed by atoms with Crippen LogP contribution in [0.5, 0.6) is 11.5 Å². The maximum Gasteiger partial charge on any atom is 0.252 e. The van der Waals surface area contributed by atoms with Gasteiger partial charge in [0.05, 0.1) is 11.4 Å². The van der Waals surface area contributed by atoms with Gasteiger partial charge in [-0.15, -0.1) is 0 Å². The number of rotatable bonds is 4. The summed E-state index contributed by atoms with van der Waals surface area (Å²) in [6.45, 7) is 6.79. The maximum atomic E-state index is 7.18. The zero-order valence-corrected chi connectivity index (χ0v) is 43.9. The van der Waals surface area contributed by atoms with Crippen LogP contribution in [0.1, 0.15) is 26.3 Å². The third-order valence-electron chi connectivity index (χ3n) is 18.1. The van der Waals surface area contributed by atoms with Crippen molar-refractivity contribution >= 4 is 155 Å². The van der Waals surface area contributed by atoms with Gasteiger partial charge in [-0.05, 0) is 157 Å². The molecular formula is C70H48B3N5O. The van der Waals surface area contributed by atoms with Crippen LogP contribution < -0.4 is 78.4 Å². The van der Waals surface area contributed by atoms with Crippen LogP contribution in [0.2, 0.25) is 0 Å². The molecule has 0 atom stereocenters. The van der Waals surface area contributed by atoms with Crippen LogP contribution in [0.25, 0.3) is 0 Å². The number of ether oxygens (including phenoxy) is 1. The average molecular weight is 1010 g/mol. The Bertz CT molecular complexity index is 4450. The van der Waals surface area contributed by atoms with Crippen LogP contribution in [0.4, 0.5) is 85.3 Å². The first kappa shape index (κ1) is 43.5. The van der Waals surface area contributed by atoms with E-state index in [1.807, 2.05) is 0 Å². The molecule has 0 fully saturated rings. The average Bonchev–Trinajstić information content (AvgIpc) is 3.59. The SMILES string of the molecule is CC(C)(C)c1cc2c3c(c1)N(c1ccccc1)c1cc4c(cc1B3c1ccccc1N2c1ccccc1)B1c2cccc3c2N2c5c(cccc5B5c6ccccc6N(c6ccccc6)c6cc(c1c2c65)N4c1ccccc1)O3. The molecule has 0 radical (unpaired) electrons. The van der Waals surface area contributed by atoms with E-state index in [0.717, 1.165) is 45.6 Å². The highest BCUT2D eigenvalue weighted by Crippen LogP contribution is 2.57. The van der Waals surface area contributed by atoms with E-state index in [0.29, 0.717) is 0 Å². The Morgan fingerprint density at radius 1 is 0.278 bits per heavy atom. The van der Waals surface area contributed by atoms with E-state index in [-0.39, 0.29) is 25.6 Å². The van der Waals surface area contributed by atoms with Gasteiger partial charge < -0.3 is 29.2 Å². The lowest BCUT2D eigenvalue weighted by Gasteiger charge is -2.52. The van der Waals surface area contributed by atoms with Crippen molar-refractivity contribution < 1.29 is 4.74 Å². The van der Waals surface area contributed by atoms with Gasteiger partial charge in [0.15, 0.2) is 11.5 Å². The van der Waals surface area contributed by atoms with Crippen molar-refractivity contribution in [2.24, 2.45) is 0 Å². The largest absolute Gasteiger partial charge is 0.453 e. The minimum atomic E-state index is -0.145. The molecule has 0 N–H and O–H groups in total. The summed E-state index contributed by atoms with van der Waals surface area (Å²) < 4.78 is 7.18. The molecule has 11 aromatic rings. The molecular weight excluding hydrogens is 959 g/mol. The van der Waals surface area contributed by atoms with Gasteiger partial charge in [0.25, 0.3) is 20.1 Å². The molecule has 6 nitrogen and oxygen atoms in total. The Morgan fingerprint density at radius 3 is 1.08 bits per heavy atom. The van der Waals surface area contributed by atoms with Crippen LogP contribution in [-0.2, 0) is 5.41 Å². The molecule has 0 amide bonds. The number of hydrogen-bond donors (Lipinski definition) is 0. The summed E-state index contributed by atoms with van der Waals surface area (Å²) in [5, 5.41) is 0. The number of para-hydroxylation sites is 8. The number of fused-ring (bicyclic) bond motifs is 10. The predicted molar refractivity (Wildman–Crippen MR) is 333 cm³/mol. The first-order valence-corrected chi connectivity index (χ1v) is 27.8. The Labute approximate surface area is 461 Å². The lowest BCUT2D eigenvalue weighted by atomic mass is 9.28. The molecule has 11 aromatic carbocycles. The Balaban J connectivity index is 0.993. The highest BCUT2D eigenvalue weighted by atomic mass is 16.5. The van der Waals surface area contributed by atoms with E-state index in [1.165, 1.54) is 106 Å². The summed E-state index contributed by atoms with van der Waals surface area (Å²) in [6, 6.07) is 88.7. The van der Waals surface area contributed by atoms with Gasteiger partial charge in [-0.3, -0.25) is 0 Å². The van der Waals surface area contributed by atoms with Crippen molar-refractivity contribution in [2.45, 2.75) is 26.2 Å². The molecule has 79 heavy (non-hydrogen) atoms. The molecule has 9 heteroatoms. The Morgan fingerprint density at radius 2 is 0.633 bits per heavy atom. The highest BCUT2D eigenvalue weighted by Gasteiger charge is 2.55. The molecule has 0 bridgehead atoms. The van der Waals surface area contributed by atoms with Crippen molar-refractivity contribution in [3.8, 4) is 11.5 Å². The molecule has 7 aliphatic rings. The second kappa shape index (κ2) is 15.5. The van der Waals surface area contributed by atoms with Gasteiger partial charge >= 0.3 is 0 Å². The summed E-state index contributed by atoms with van der Waals surface area (Å²) in [6.07, 6.45) is 0. The van der Waals surface area contributed by atoms with Crippen molar-refractivity contribution in [1.82, 2.24) is 0 Å². The van der Waals surface area contributed by atoms with Crippen molar-refractivity contribution in [3.05, 3.63) is 242 Å². The fourth-order valence-electron chi connectivity index (χ4n) is 14.9. The van der Waals surface area contributed by atoms with Crippen molar-refractivity contribution in [3.63, 3.8) is 0 Å². The summed E-state index contributed by atoms with van der Waals surface area (Å²) >= 11 is 0. The molecule has 0 aromatic heterocycles. The predicted octanol–water partition coefficient (Wildman–Crippen LogP) is 11.9. The van der Waals surface area contributed by atoms with Gasteiger partial charge in [0.2, 0.25) is 0 Å². The van der Waals surface area contributed by atoms with Gasteiger partial charge in [0.1, 0.15) is 0 Å². The lowest BCUT2D eigenvalue weighted by molar-refractivity contribution is 0.478. The quantitative estimate of drug-likeness (QED) is 0.163. The minimum absolute atomic E-state index is 0.0394. The summed E-state index contributed by atoms with van der Waals surface area (Å²) in [5.41, 5.74) is 30.4. The number of benzene rings is 11. The van der Waals surface area contributed by atoms with E-state index >= 15 is 0 Å². The summed E-state index contributed by atoms with van der Waals surface area (Å²) in [4.78, 5) is 12.9. The van der Waals surface area contributed by atoms with E-state index in [1.54, 1.807) is 0 Å². The number of hydrogen-bond acceptors (Lipinski definition) is 6. The minimum Gasteiger partial charge on any atom is -0.453 e. The molecule has 0 saturated heterocycles. The second-order valence-electron chi connectivity index (χ2n) is 23.2. The second-order valence-corrected chi connectivity index (χ2v) is 23.2. The zero-order valence-electron chi connectivity index (χ0n) is 43.9. The van der Waals surface area contributed by atoms with E-state index in [4.69, 9.17) is 4.74 Å². The normalized spacial score (nSPS) is 14.7. The summed E-state index contributed by atoms with van der Waals surface area (Å²) in [5.74, 6) is 1.78. The van der Waals surface area contributed by atoms with Crippen LogP contribution in [0, 0.1) is 0 Å². The molecule has 18 rings (SSSR count). The van der Waals surface area contributed by atoms with Gasteiger partial charge in [-0.2, -0.15) is 0 Å². The van der Waals surface area contributed by atoms with Crippen LogP contribution in [0.15, 0.2) is 237 Å². The van der Waals surface area contributed by atoms with Crippen molar-refractivity contribution in [2.75, 3.05) is 24.5 Å². The Kier molecular flexibility index (Phi) is 8.56. The third-order valence-corrected chi connectivity index (χ3v) is 18.1. The van der Waals surface area contributed by atoms with Gasteiger partial charge in [0, 0.05) is 73.9 Å². The highest BCUT2D eigenvalue weighted by molar-refractivity contribution is 7.06. The van der Waals surface area contributed by atoms with Crippen LogP contribution >= 0.6 is 0 Å². The maximum absolute atomic E-state index is 7.18. The third kappa shape index (κ3) is 5.68. The molecule has 0 saturated carbocycles. The molecule has 7 heterocycles. The number of anilines is 15. The zero-order chi connectivity index (χ0) is 52.0. The molecule has 0 spiro atoms. The fourth-order valence-corrected chi connectivity index (χ4v) is 14.9. The summed E-state index contributed by atoms with van der Waals surface area (Å²) in [7, 11) is 0. The smallest absolute Gasteiger partial charge is 0.252 e. The molecule has 368 valence electrons. The van der Waals surface area contributed by atoms with Crippen molar-refractivity contribution in [1.29, 1.82) is 0 Å². The van der Waals surface area contributed by atoms with Gasteiger partial charge in [-0.1, -0.05) is 160 Å². The first-order chi connectivity index (χ1) is 38.9. The topological polar surface area (TPSA) is 25.4 Å². The fraction of sp³-hybridized carbons (Fsp3) is 0.0571. The van der Waals surface area contributed by atoms with Crippen LogP contribution in [-0.4, -0.2) is 20.1 Å². The molecule has 7 aliphatic heterocycles. The first-order valence-electron chi connectivity index (χ1n) is 27.8. The van der Waals surface area contributed by atoms with E-state index in [9.17, 15) is 0 Å². The standard InChI is InChI=1S/C70H48B3N5O/c1-70(2,3)43-38-58-64-59(39-43)76(46-26-12-6-13-27-46)56-41-57-53(40-52(56)72(64)49-31-17-19-35-55(49)74(58)44-22-8-4-9-23-44)73-51-33-21-37-63-68(51)78-67-50(32-20-36-62(67)79-63)71-48-30-16-18-34-54(48)75(45-24-10-5-11-25-45)60-42-61(66(73)69(78)65(60)71)77(57)47-28-14-7-15-29-47/h4-42H,1-3H3. The van der Waals surface area contributed by atoms with E-state index < -0.39 is 0 Å².